The van der Waals surface area contributed by atoms with Crippen molar-refractivity contribution < 1.29 is 4.42 Å². The molecule has 0 aliphatic heterocycles. The van der Waals surface area contributed by atoms with Gasteiger partial charge in [0.1, 0.15) is 5.76 Å². The van der Waals surface area contributed by atoms with E-state index in [4.69, 9.17) is 16.0 Å². The zero-order valence-electron chi connectivity index (χ0n) is 9.24. The molecule has 0 radical (unpaired) electrons. The molecule has 0 saturated heterocycles. The summed E-state index contributed by atoms with van der Waals surface area (Å²) in [5, 5.41) is 0. The Balaban J connectivity index is 1.99. The monoisotopic (exact) mass is 235 g/mol. The number of alkyl halides is 1. The van der Waals surface area contributed by atoms with Crippen LogP contribution in [0.1, 0.15) is 22.8 Å². The van der Waals surface area contributed by atoms with Crippen LogP contribution in [-0.2, 0) is 18.7 Å². The van der Waals surface area contributed by atoms with E-state index in [1.54, 1.807) is 6.20 Å². The van der Waals surface area contributed by atoms with Gasteiger partial charge < -0.3 is 4.42 Å². The normalized spacial score (nSPS) is 10.6. The Hall–Kier alpha value is -1.28. The summed E-state index contributed by atoms with van der Waals surface area (Å²) in [5.41, 5.74) is 2.67. The average molecular weight is 236 g/mol. The van der Waals surface area contributed by atoms with Crippen molar-refractivity contribution in [3.05, 3.63) is 53.2 Å². The summed E-state index contributed by atoms with van der Waals surface area (Å²) in [7, 11) is 0. The van der Waals surface area contributed by atoms with Crippen LogP contribution < -0.4 is 0 Å². The van der Waals surface area contributed by atoms with Crippen LogP contribution in [0.2, 0.25) is 0 Å². The molecular weight excluding hydrogens is 222 g/mol. The van der Waals surface area contributed by atoms with E-state index in [1.807, 2.05) is 0 Å². The molecule has 1 aromatic heterocycles. The Labute approximate surface area is 100 Å². The average Bonchev–Trinajstić information content (AvgIpc) is 2.76. The molecule has 0 atom stereocenters. The first kappa shape index (κ1) is 11.2. The van der Waals surface area contributed by atoms with E-state index in [-0.39, 0.29) is 0 Å². The van der Waals surface area contributed by atoms with Crippen LogP contribution in [0, 0.1) is 6.92 Å². The predicted molar refractivity (Wildman–Crippen MR) is 64.6 cm³/mol. The van der Waals surface area contributed by atoms with E-state index in [0.29, 0.717) is 11.8 Å². The SMILES string of the molecule is Cc1ccccc1CCc1cnc(CCl)o1. The van der Waals surface area contributed by atoms with E-state index in [1.165, 1.54) is 11.1 Å². The molecule has 0 amide bonds. The van der Waals surface area contributed by atoms with Crippen LogP contribution in [0.3, 0.4) is 0 Å². The second kappa shape index (κ2) is 5.17. The number of halogens is 1. The molecule has 0 fully saturated rings. The minimum Gasteiger partial charge on any atom is -0.444 e. The number of hydrogen-bond donors (Lipinski definition) is 0. The molecule has 0 bridgehead atoms. The Bertz CT molecular complexity index is 464. The minimum atomic E-state index is 0.338. The highest BCUT2D eigenvalue weighted by molar-refractivity contribution is 6.16. The number of aryl methyl sites for hydroxylation is 3. The van der Waals surface area contributed by atoms with E-state index in [0.717, 1.165) is 18.6 Å². The molecule has 0 spiro atoms. The van der Waals surface area contributed by atoms with Gasteiger partial charge in [-0.15, -0.1) is 11.6 Å². The van der Waals surface area contributed by atoms with Gasteiger partial charge in [-0.2, -0.15) is 0 Å². The fraction of sp³-hybridized carbons (Fsp3) is 0.308. The molecule has 16 heavy (non-hydrogen) atoms. The van der Waals surface area contributed by atoms with E-state index < -0.39 is 0 Å². The number of rotatable bonds is 4. The third-order valence-corrected chi connectivity index (χ3v) is 2.85. The van der Waals surface area contributed by atoms with Gasteiger partial charge in [0.2, 0.25) is 5.89 Å². The van der Waals surface area contributed by atoms with Crippen molar-refractivity contribution in [1.82, 2.24) is 4.98 Å². The van der Waals surface area contributed by atoms with Crippen LogP contribution >= 0.6 is 11.6 Å². The first-order chi connectivity index (χ1) is 7.79. The first-order valence-electron chi connectivity index (χ1n) is 5.33. The van der Waals surface area contributed by atoms with Gasteiger partial charge in [0, 0.05) is 6.42 Å². The van der Waals surface area contributed by atoms with E-state index in [2.05, 4.69) is 36.2 Å². The van der Waals surface area contributed by atoms with Gasteiger partial charge in [-0.3, -0.25) is 0 Å². The lowest BCUT2D eigenvalue weighted by molar-refractivity contribution is 0.470. The first-order valence-corrected chi connectivity index (χ1v) is 5.87. The van der Waals surface area contributed by atoms with Crippen molar-refractivity contribution in [2.45, 2.75) is 25.6 Å². The third-order valence-electron chi connectivity index (χ3n) is 2.62. The summed E-state index contributed by atoms with van der Waals surface area (Å²) >= 11 is 5.63. The fourth-order valence-electron chi connectivity index (χ4n) is 1.67. The molecule has 0 aliphatic carbocycles. The smallest absolute Gasteiger partial charge is 0.209 e. The number of benzene rings is 1. The lowest BCUT2D eigenvalue weighted by atomic mass is 10.0. The Morgan fingerprint density at radius 1 is 1.25 bits per heavy atom. The van der Waals surface area contributed by atoms with Crippen molar-refractivity contribution in [2.24, 2.45) is 0 Å². The minimum absolute atomic E-state index is 0.338. The van der Waals surface area contributed by atoms with Gasteiger partial charge in [-0.1, -0.05) is 24.3 Å². The predicted octanol–water partition coefficient (Wildman–Crippen LogP) is 3.51. The zero-order valence-corrected chi connectivity index (χ0v) is 10.00. The van der Waals surface area contributed by atoms with Crippen LogP contribution in [-0.4, -0.2) is 4.98 Å². The maximum Gasteiger partial charge on any atom is 0.209 e. The molecule has 3 heteroatoms. The largest absolute Gasteiger partial charge is 0.444 e. The quantitative estimate of drug-likeness (QED) is 0.758. The van der Waals surface area contributed by atoms with Crippen molar-refractivity contribution in [1.29, 1.82) is 0 Å². The lowest BCUT2D eigenvalue weighted by Gasteiger charge is -2.03. The number of nitrogens with zero attached hydrogens (tertiary/aromatic N) is 1. The van der Waals surface area contributed by atoms with Crippen molar-refractivity contribution in [3.63, 3.8) is 0 Å². The molecule has 2 aromatic rings. The maximum absolute atomic E-state index is 5.63. The molecule has 1 aromatic carbocycles. The fourth-order valence-corrected chi connectivity index (χ4v) is 1.80. The summed E-state index contributed by atoms with van der Waals surface area (Å²) in [6.45, 7) is 2.12. The lowest BCUT2D eigenvalue weighted by Crippen LogP contribution is -1.92. The van der Waals surface area contributed by atoms with Gasteiger partial charge in [0.25, 0.3) is 0 Å². The number of aromatic nitrogens is 1. The molecule has 0 saturated carbocycles. The molecule has 0 N–H and O–H groups in total. The second-order valence-electron chi connectivity index (χ2n) is 3.78. The Morgan fingerprint density at radius 3 is 2.75 bits per heavy atom. The molecule has 2 nitrogen and oxygen atoms in total. The number of oxazole rings is 1. The summed E-state index contributed by atoms with van der Waals surface area (Å²) in [5.74, 6) is 1.84. The maximum atomic E-state index is 5.63. The van der Waals surface area contributed by atoms with Crippen LogP contribution in [0.25, 0.3) is 0 Å². The van der Waals surface area contributed by atoms with Gasteiger partial charge in [-0.05, 0) is 24.5 Å². The van der Waals surface area contributed by atoms with Gasteiger partial charge in [-0.25, -0.2) is 4.98 Å². The molecular formula is C13H14ClNO. The number of hydrogen-bond acceptors (Lipinski definition) is 2. The summed E-state index contributed by atoms with van der Waals surface area (Å²) < 4.78 is 5.45. The second-order valence-corrected chi connectivity index (χ2v) is 4.05. The molecule has 0 aliphatic rings. The molecule has 2 rings (SSSR count). The highest BCUT2D eigenvalue weighted by Crippen LogP contribution is 2.13. The van der Waals surface area contributed by atoms with Crippen LogP contribution in [0.15, 0.2) is 34.9 Å². The van der Waals surface area contributed by atoms with E-state index >= 15 is 0 Å². The molecule has 1 heterocycles. The van der Waals surface area contributed by atoms with Gasteiger partial charge in [0.05, 0.1) is 12.1 Å². The third kappa shape index (κ3) is 2.64. The highest BCUT2D eigenvalue weighted by Gasteiger charge is 2.04. The standard InChI is InChI=1S/C13H14ClNO/c1-10-4-2-3-5-11(10)6-7-12-9-15-13(8-14)16-12/h2-5,9H,6-8H2,1H3. The topological polar surface area (TPSA) is 26.0 Å². The van der Waals surface area contributed by atoms with Crippen LogP contribution in [0.4, 0.5) is 0 Å². The van der Waals surface area contributed by atoms with Crippen molar-refractivity contribution in [3.8, 4) is 0 Å². The summed E-state index contributed by atoms with van der Waals surface area (Å²) in [4.78, 5) is 4.07. The summed E-state index contributed by atoms with van der Waals surface area (Å²) in [6.07, 6.45) is 3.61. The Kier molecular flexibility index (Phi) is 3.62. The van der Waals surface area contributed by atoms with Crippen molar-refractivity contribution in [2.75, 3.05) is 0 Å². The zero-order chi connectivity index (χ0) is 11.4. The summed E-state index contributed by atoms with van der Waals surface area (Å²) in [6, 6.07) is 8.39. The Morgan fingerprint density at radius 2 is 2.06 bits per heavy atom. The molecule has 84 valence electrons. The van der Waals surface area contributed by atoms with Gasteiger partial charge in [0.15, 0.2) is 0 Å². The molecule has 0 unspecified atom stereocenters. The van der Waals surface area contributed by atoms with Crippen LogP contribution in [0.5, 0.6) is 0 Å². The highest BCUT2D eigenvalue weighted by atomic mass is 35.5. The van der Waals surface area contributed by atoms with Gasteiger partial charge >= 0.3 is 0 Å². The van der Waals surface area contributed by atoms with E-state index in [9.17, 15) is 0 Å². The van der Waals surface area contributed by atoms with Crippen molar-refractivity contribution >= 4 is 11.6 Å².